The molecule has 0 spiro atoms. The van der Waals surface area contributed by atoms with Gasteiger partial charge in [-0.2, -0.15) is 4.73 Å². The van der Waals surface area contributed by atoms with Crippen LogP contribution in [-0.2, 0) is 9.59 Å². The van der Waals surface area contributed by atoms with Gasteiger partial charge in [-0.1, -0.05) is 67.4 Å². The van der Waals surface area contributed by atoms with Gasteiger partial charge in [0.2, 0.25) is 5.78 Å². The highest BCUT2D eigenvalue weighted by molar-refractivity contribution is 6.45. The Morgan fingerprint density at radius 2 is 1.67 bits per heavy atom. The summed E-state index contributed by atoms with van der Waals surface area (Å²) in [5, 5.41) is 10.5. The average Bonchev–Trinajstić information content (AvgIpc) is 3.11. The topological polar surface area (TPSA) is 85.6 Å². The van der Waals surface area contributed by atoms with Crippen LogP contribution >= 0.6 is 23.2 Å². The van der Waals surface area contributed by atoms with E-state index in [0.717, 1.165) is 4.73 Å². The van der Waals surface area contributed by atoms with Crippen molar-refractivity contribution in [3.8, 4) is 0 Å². The molecule has 1 heterocycles. The molecule has 8 heteroatoms. The van der Waals surface area contributed by atoms with Crippen molar-refractivity contribution in [1.82, 2.24) is 4.73 Å². The van der Waals surface area contributed by atoms with Gasteiger partial charge in [0.15, 0.2) is 5.41 Å². The zero-order valence-corrected chi connectivity index (χ0v) is 17.8. The van der Waals surface area contributed by atoms with Crippen molar-refractivity contribution >= 4 is 51.8 Å². The maximum atomic E-state index is 13.1. The fraction of sp³-hybridized carbons (Fsp3) is 0.227. The molecule has 0 saturated heterocycles. The van der Waals surface area contributed by atoms with Gasteiger partial charge in [-0.15, -0.1) is 0 Å². The van der Waals surface area contributed by atoms with Crippen LogP contribution in [0, 0.1) is 5.41 Å². The van der Waals surface area contributed by atoms with E-state index >= 15 is 0 Å². The van der Waals surface area contributed by atoms with Crippen LogP contribution in [0.3, 0.4) is 0 Å². The summed E-state index contributed by atoms with van der Waals surface area (Å²) in [7, 11) is 0. The molecule has 3 aromatic rings. The monoisotopic (exact) mass is 447 g/mol. The molecule has 6 nitrogen and oxygen atoms in total. The van der Waals surface area contributed by atoms with E-state index in [1.54, 1.807) is 50.2 Å². The zero-order chi connectivity index (χ0) is 22.1. The molecule has 0 amide bonds. The van der Waals surface area contributed by atoms with Crippen molar-refractivity contribution < 1.29 is 24.3 Å². The second kappa shape index (κ2) is 8.50. The smallest absolute Gasteiger partial charge is 0.350 e. The molecule has 0 bridgehead atoms. The molecular weight excluding hydrogens is 429 g/mol. The highest BCUT2D eigenvalue weighted by atomic mass is 35.5. The number of hydrogen-bond donors (Lipinski definition) is 1. The summed E-state index contributed by atoms with van der Waals surface area (Å²) in [4.78, 5) is 43.4. The molecule has 0 aliphatic heterocycles. The Morgan fingerprint density at radius 1 is 1.03 bits per heavy atom. The highest BCUT2D eigenvalue weighted by Crippen LogP contribution is 2.34. The molecule has 2 aromatic carbocycles. The van der Waals surface area contributed by atoms with Gasteiger partial charge >= 0.3 is 11.9 Å². The minimum Gasteiger partial charge on any atom is -0.480 e. The van der Waals surface area contributed by atoms with E-state index in [-0.39, 0.29) is 28.6 Å². The van der Waals surface area contributed by atoms with Crippen LogP contribution in [0.1, 0.15) is 42.7 Å². The Bertz CT molecular complexity index is 1130. The van der Waals surface area contributed by atoms with Crippen LogP contribution in [0.25, 0.3) is 10.9 Å². The van der Waals surface area contributed by atoms with Crippen LogP contribution in [0.2, 0.25) is 10.0 Å². The van der Waals surface area contributed by atoms with Gasteiger partial charge in [0.1, 0.15) is 5.69 Å². The van der Waals surface area contributed by atoms with Crippen LogP contribution in [0.5, 0.6) is 0 Å². The Balaban J connectivity index is 2.19. The standard InChI is InChI=1S/C22H19Cl2NO5/c1-3-22(4-2,20(27)28)21(29)30-25-16-11-10-15(23)18(24)14(16)12-17(25)19(26)13-8-6-5-7-9-13/h5-12H,3-4H2,1-2H3,(H,27,28). The number of benzene rings is 2. The molecule has 156 valence electrons. The summed E-state index contributed by atoms with van der Waals surface area (Å²) in [6.45, 7) is 3.19. The first-order chi connectivity index (χ1) is 14.3. The van der Waals surface area contributed by atoms with Gasteiger partial charge in [-0.3, -0.25) is 9.59 Å². The molecular formula is C22H19Cl2NO5. The molecule has 0 aliphatic carbocycles. The first kappa shape index (κ1) is 21.9. The molecule has 1 aromatic heterocycles. The van der Waals surface area contributed by atoms with E-state index in [0.29, 0.717) is 16.5 Å². The van der Waals surface area contributed by atoms with Gasteiger partial charge in [-0.05, 0) is 31.0 Å². The van der Waals surface area contributed by atoms with Gasteiger partial charge < -0.3 is 9.94 Å². The van der Waals surface area contributed by atoms with Crippen molar-refractivity contribution in [2.75, 3.05) is 0 Å². The second-order valence-corrected chi connectivity index (χ2v) is 7.57. The van der Waals surface area contributed by atoms with E-state index in [9.17, 15) is 19.5 Å². The lowest BCUT2D eigenvalue weighted by Gasteiger charge is -2.24. The minimum atomic E-state index is -1.74. The predicted octanol–water partition coefficient (Wildman–Crippen LogP) is 5.03. The predicted molar refractivity (Wildman–Crippen MR) is 114 cm³/mol. The lowest BCUT2D eigenvalue weighted by molar-refractivity contribution is -0.169. The van der Waals surface area contributed by atoms with Crippen LogP contribution < -0.4 is 4.84 Å². The lowest BCUT2D eigenvalue weighted by Crippen LogP contribution is -2.44. The van der Waals surface area contributed by atoms with E-state index < -0.39 is 23.1 Å². The van der Waals surface area contributed by atoms with Gasteiger partial charge in [0, 0.05) is 10.9 Å². The first-order valence-electron chi connectivity index (χ1n) is 9.32. The number of fused-ring (bicyclic) bond motifs is 1. The Labute approximate surface area is 182 Å². The second-order valence-electron chi connectivity index (χ2n) is 6.79. The third-order valence-corrected chi connectivity index (χ3v) is 6.10. The number of ketones is 1. The molecule has 0 atom stereocenters. The molecule has 0 radical (unpaired) electrons. The van der Waals surface area contributed by atoms with Crippen LogP contribution in [0.15, 0.2) is 48.5 Å². The van der Waals surface area contributed by atoms with Crippen molar-refractivity contribution in [2.45, 2.75) is 26.7 Å². The van der Waals surface area contributed by atoms with Gasteiger partial charge in [0.25, 0.3) is 0 Å². The van der Waals surface area contributed by atoms with Gasteiger partial charge in [-0.25, -0.2) is 4.79 Å². The van der Waals surface area contributed by atoms with E-state index in [2.05, 4.69) is 0 Å². The van der Waals surface area contributed by atoms with E-state index in [1.165, 1.54) is 12.1 Å². The van der Waals surface area contributed by atoms with Crippen LogP contribution in [0.4, 0.5) is 0 Å². The number of carboxylic acids is 1. The zero-order valence-electron chi connectivity index (χ0n) is 16.3. The number of nitrogens with zero attached hydrogens (tertiary/aromatic N) is 1. The lowest BCUT2D eigenvalue weighted by atomic mass is 9.83. The highest BCUT2D eigenvalue weighted by Gasteiger charge is 2.45. The largest absolute Gasteiger partial charge is 0.480 e. The number of carbonyl (C=O) groups is 3. The average molecular weight is 448 g/mol. The molecule has 0 unspecified atom stereocenters. The third-order valence-electron chi connectivity index (χ3n) is 5.28. The number of carbonyl (C=O) groups excluding carboxylic acids is 2. The first-order valence-corrected chi connectivity index (χ1v) is 10.1. The molecule has 1 N–H and O–H groups in total. The number of carboxylic acid groups (broad SMARTS) is 1. The summed E-state index contributed by atoms with van der Waals surface area (Å²) in [5.41, 5.74) is -1.01. The normalized spacial score (nSPS) is 11.5. The number of hydrogen-bond acceptors (Lipinski definition) is 4. The summed E-state index contributed by atoms with van der Waals surface area (Å²) in [6.07, 6.45) is 0.0663. The van der Waals surface area contributed by atoms with E-state index in [1.807, 2.05) is 0 Å². The fourth-order valence-corrected chi connectivity index (χ4v) is 3.67. The SMILES string of the molecule is CCC(CC)(C(=O)O)C(=O)On1c(C(=O)c2ccccc2)cc2c(Cl)c(Cl)ccc21. The summed E-state index contributed by atoms with van der Waals surface area (Å²) in [6, 6.07) is 13.0. The Kier molecular flexibility index (Phi) is 6.19. The Hall–Kier alpha value is -2.83. The molecule has 3 rings (SSSR count). The molecule has 0 saturated carbocycles. The molecule has 0 aliphatic rings. The van der Waals surface area contributed by atoms with Crippen molar-refractivity contribution in [3.05, 3.63) is 69.8 Å². The minimum absolute atomic E-state index is 0.0280. The number of aliphatic carboxylic acids is 1. The van der Waals surface area contributed by atoms with Crippen molar-refractivity contribution in [1.29, 1.82) is 0 Å². The van der Waals surface area contributed by atoms with Crippen molar-refractivity contribution in [2.24, 2.45) is 5.41 Å². The van der Waals surface area contributed by atoms with Crippen LogP contribution in [-0.4, -0.2) is 27.6 Å². The number of aromatic nitrogens is 1. The summed E-state index contributed by atoms with van der Waals surface area (Å²) >= 11 is 12.4. The fourth-order valence-electron chi connectivity index (χ4n) is 3.29. The molecule has 0 fully saturated rings. The third kappa shape index (κ3) is 3.57. The van der Waals surface area contributed by atoms with E-state index in [4.69, 9.17) is 28.0 Å². The molecule has 30 heavy (non-hydrogen) atoms. The maximum Gasteiger partial charge on any atom is 0.350 e. The van der Waals surface area contributed by atoms with Crippen molar-refractivity contribution in [3.63, 3.8) is 0 Å². The summed E-state index contributed by atoms with van der Waals surface area (Å²) in [5.74, 6) is -2.67. The Morgan fingerprint density at radius 3 is 2.23 bits per heavy atom. The summed E-state index contributed by atoms with van der Waals surface area (Å²) < 4.78 is 1.04. The quantitative estimate of drug-likeness (QED) is 0.405. The maximum absolute atomic E-state index is 13.1. The number of rotatable bonds is 7. The number of halogens is 2. The van der Waals surface area contributed by atoms with Gasteiger partial charge in [0.05, 0.1) is 15.6 Å².